The first kappa shape index (κ1) is 18.5. The summed E-state index contributed by atoms with van der Waals surface area (Å²) in [6, 6.07) is 0. The fourth-order valence-corrected chi connectivity index (χ4v) is 1.84. The summed E-state index contributed by atoms with van der Waals surface area (Å²) >= 11 is 0. The maximum atomic E-state index is 13.9. The van der Waals surface area contributed by atoms with Crippen molar-refractivity contribution in [1.82, 2.24) is 4.90 Å². The molecular weight excluding hydrogens is 327 g/mol. The van der Waals surface area contributed by atoms with E-state index in [1.807, 2.05) is 0 Å². The molecule has 1 aliphatic rings. The van der Waals surface area contributed by atoms with Crippen LogP contribution in [-0.4, -0.2) is 47.0 Å². The fourth-order valence-electron chi connectivity index (χ4n) is 1.84. The second-order valence-electron chi connectivity index (χ2n) is 4.86. The van der Waals surface area contributed by atoms with E-state index in [1.54, 1.807) is 0 Å². The smallest absolute Gasteiger partial charge is 0.341 e. The molecule has 0 N–H and O–H groups in total. The zero-order valence-electron chi connectivity index (χ0n) is 12.2. The van der Waals surface area contributed by atoms with Crippen molar-refractivity contribution in [2.45, 2.75) is 19.1 Å². The molecule has 0 aromatic rings. The van der Waals surface area contributed by atoms with E-state index in [2.05, 4.69) is 4.74 Å². The highest BCUT2D eigenvalue weighted by atomic mass is 19.3. The molecule has 0 spiro atoms. The van der Waals surface area contributed by atoms with Crippen LogP contribution in [0.1, 0.15) is 6.92 Å². The number of carbonyl (C=O) groups is 1. The molecule has 0 aromatic carbocycles. The maximum Gasteiger partial charge on any atom is 0.437 e. The minimum absolute atomic E-state index is 0.205. The van der Waals surface area contributed by atoms with Crippen molar-refractivity contribution in [2.75, 3.05) is 14.1 Å². The lowest BCUT2D eigenvalue weighted by Crippen LogP contribution is -2.46. The number of hydrogen-bond donors (Lipinski definition) is 0. The number of rotatable bonds is 5. The van der Waals surface area contributed by atoms with Crippen molar-refractivity contribution >= 4 is 5.91 Å². The molecule has 0 saturated heterocycles. The van der Waals surface area contributed by atoms with Gasteiger partial charge < -0.3 is 4.90 Å². The van der Waals surface area contributed by atoms with Crippen molar-refractivity contribution in [3.63, 3.8) is 0 Å². The molecule has 0 aliphatic heterocycles. The van der Waals surface area contributed by atoms with E-state index in [4.69, 9.17) is 0 Å². The van der Waals surface area contributed by atoms with Gasteiger partial charge >= 0.3 is 17.7 Å². The average Bonchev–Trinajstić information content (AvgIpc) is 2.42. The van der Waals surface area contributed by atoms with E-state index in [0.29, 0.717) is 4.90 Å². The van der Waals surface area contributed by atoms with E-state index in [0.717, 1.165) is 21.0 Å². The van der Waals surface area contributed by atoms with Gasteiger partial charge in [-0.1, -0.05) is 6.92 Å². The van der Waals surface area contributed by atoms with Crippen LogP contribution in [0.5, 0.6) is 0 Å². The van der Waals surface area contributed by atoms with Gasteiger partial charge in [-0.15, -0.1) is 0 Å². The minimum atomic E-state index is -4.47. The maximum absolute atomic E-state index is 13.9. The molecule has 1 aliphatic carbocycles. The zero-order valence-corrected chi connectivity index (χ0v) is 12.2. The molecule has 0 aromatic heterocycles. The van der Waals surface area contributed by atoms with Crippen LogP contribution in [0.2, 0.25) is 0 Å². The van der Waals surface area contributed by atoms with Crippen molar-refractivity contribution < 1.29 is 32.5 Å². The molecule has 0 bridgehead atoms. The normalized spacial score (nSPS) is 21.7. The second kappa shape index (κ2) is 6.32. The van der Waals surface area contributed by atoms with E-state index >= 15 is 0 Å². The highest BCUT2D eigenvalue weighted by Crippen LogP contribution is 2.36. The summed E-state index contributed by atoms with van der Waals surface area (Å²) in [7, 11) is 2.00. The molecule has 23 heavy (non-hydrogen) atoms. The molecule has 9 nitrogen and oxygen atoms in total. The predicted molar refractivity (Wildman–Crippen MR) is 67.9 cm³/mol. The second-order valence-corrected chi connectivity index (χ2v) is 4.86. The number of halogens is 3. The largest absolute Gasteiger partial charge is 0.437 e. The summed E-state index contributed by atoms with van der Waals surface area (Å²) in [6.07, 6.45) is -6.44. The Morgan fingerprint density at radius 3 is 2.22 bits per heavy atom. The molecule has 0 radical (unpaired) electrons. The van der Waals surface area contributed by atoms with Gasteiger partial charge in [-0.2, -0.15) is 8.78 Å². The fraction of sp³-hybridized carbons (Fsp3) is 0.545. The summed E-state index contributed by atoms with van der Waals surface area (Å²) < 4.78 is 45.4. The quantitative estimate of drug-likeness (QED) is 0.551. The Labute approximate surface area is 127 Å². The number of allylic oxidation sites excluding steroid dienone is 1. The lowest BCUT2D eigenvalue weighted by molar-refractivity contribution is -0.453. The molecule has 128 valence electrons. The van der Waals surface area contributed by atoms with Gasteiger partial charge in [0.15, 0.2) is 11.9 Å². The third-order valence-electron chi connectivity index (χ3n) is 3.01. The Bertz CT molecular complexity index is 616. The monoisotopic (exact) mass is 339 g/mol. The van der Waals surface area contributed by atoms with Crippen LogP contribution in [0.3, 0.4) is 0 Å². The summed E-state index contributed by atoms with van der Waals surface area (Å²) in [4.78, 5) is 31.0. The number of hydrogen-bond acceptors (Lipinski definition) is 6. The molecule has 12 heteroatoms. The first-order valence-electron chi connectivity index (χ1n) is 6.07. The first-order valence-corrected chi connectivity index (χ1v) is 6.07. The molecular formula is C11H12F3N3O6. The van der Waals surface area contributed by atoms with E-state index in [1.165, 1.54) is 0 Å². The van der Waals surface area contributed by atoms with E-state index in [-0.39, 0.29) is 6.08 Å². The van der Waals surface area contributed by atoms with E-state index < -0.39 is 51.1 Å². The van der Waals surface area contributed by atoms with Crippen molar-refractivity contribution in [1.29, 1.82) is 0 Å². The number of alkyl halides is 2. The number of likely N-dealkylation sites (N-methyl/N-ethyl adjacent to an activating group) is 1. The molecule has 1 amide bonds. The zero-order chi connectivity index (χ0) is 18.1. The Morgan fingerprint density at radius 1 is 1.30 bits per heavy atom. The van der Waals surface area contributed by atoms with Crippen LogP contribution in [0.15, 0.2) is 23.3 Å². The molecule has 2 atom stereocenters. The van der Waals surface area contributed by atoms with Gasteiger partial charge in [0.2, 0.25) is 0 Å². The van der Waals surface area contributed by atoms with Crippen molar-refractivity contribution in [3.05, 3.63) is 43.5 Å². The summed E-state index contributed by atoms with van der Waals surface area (Å²) in [5, 5.41) is 21.6. The van der Waals surface area contributed by atoms with Gasteiger partial charge in [-0.25, -0.2) is 4.39 Å². The lowest BCUT2D eigenvalue weighted by atomic mass is 9.93. The van der Waals surface area contributed by atoms with Crippen molar-refractivity contribution in [2.24, 2.45) is 5.92 Å². The van der Waals surface area contributed by atoms with Crippen LogP contribution >= 0.6 is 0 Å². The Morgan fingerprint density at radius 2 is 1.83 bits per heavy atom. The molecule has 1 rings (SSSR count). The topological polar surface area (TPSA) is 116 Å². The highest BCUT2D eigenvalue weighted by molar-refractivity contribution is 5.81. The van der Waals surface area contributed by atoms with Gasteiger partial charge in [0, 0.05) is 14.1 Å². The lowest BCUT2D eigenvalue weighted by Gasteiger charge is -2.28. The number of ether oxygens (including phenoxy) is 1. The molecule has 0 saturated carbocycles. The number of carbonyl (C=O) groups excluding carboxylic acids is 1. The SMILES string of the molecule is CC1C(F)=C([N+](=O)[O-])C=C([N+](=O)[O-])C1OC(F)(F)C(=O)N(C)C. The summed E-state index contributed by atoms with van der Waals surface area (Å²) in [5.41, 5.74) is -2.36. The van der Waals surface area contributed by atoms with Gasteiger partial charge in [-0.05, 0) is 0 Å². The van der Waals surface area contributed by atoms with Crippen molar-refractivity contribution in [3.8, 4) is 0 Å². The van der Waals surface area contributed by atoms with Crippen LogP contribution in [0.4, 0.5) is 13.2 Å². The summed E-state index contributed by atoms with van der Waals surface area (Å²) in [5.74, 6) is -5.02. The molecule has 0 fully saturated rings. The van der Waals surface area contributed by atoms with Crippen LogP contribution < -0.4 is 0 Å². The average molecular weight is 339 g/mol. The Kier molecular flexibility index (Phi) is 5.10. The third-order valence-corrected chi connectivity index (χ3v) is 3.01. The summed E-state index contributed by atoms with van der Waals surface area (Å²) in [6.45, 7) is 0.899. The van der Waals surface area contributed by atoms with Gasteiger partial charge in [-0.3, -0.25) is 29.8 Å². The first-order chi connectivity index (χ1) is 10.4. The molecule has 0 heterocycles. The number of nitro groups is 2. The highest BCUT2D eigenvalue weighted by Gasteiger charge is 2.51. The Hall–Kier alpha value is -2.50. The number of amides is 1. The van der Waals surface area contributed by atoms with Crippen LogP contribution in [-0.2, 0) is 9.53 Å². The van der Waals surface area contributed by atoms with Gasteiger partial charge in [0.1, 0.15) is 0 Å². The molecule has 2 unspecified atom stereocenters. The van der Waals surface area contributed by atoms with Gasteiger partial charge in [0.25, 0.3) is 5.70 Å². The third kappa shape index (κ3) is 3.64. The predicted octanol–water partition coefficient (Wildman–Crippen LogP) is 1.32. The van der Waals surface area contributed by atoms with Gasteiger partial charge in [0.05, 0.1) is 21.8 Å². The van der Waals surface area contributed by atoms with E-state index in [9.17, 15) is 38.2 Å². The Balaban J connectivity index is 3.27. The van der Waals surface area contributed by atoms with Crippen LogP contribution in [0, 0.1) is 26.1 Å². The van der Waals surface area contributed by atoms with Crippen LogP contribution in [0.25, 0.3) is 0 Å². The standard InChI is InChI=1S/C11H12F3N3O6/c1-5-8(12)6(16(19)20)4-7(17(21)22)9(5)23-11(13,14)10(18)15(2)3/h4-5,9H,1-3H3. The minimum Gasteiger partial charge on any atom is -0.341 e. The number of nitrogens with zero attached hydrogens (tertiary/aromatic N) is 3.